The summed E-state index contributed by atoms with van der Waals surface area (Å²) in [5, 5.41) is 3.07. The minimum absolute atomic E-state index is 0.125. The Kier molecular flexibility index (Phi) is 5.70. The quantitative estimate of drug-likeness (QED) is 0.647. The van der Waals surface area contributed by atoms with Crippen molar-refractivity contribution >= 4 is 22.7 Å². The molecule has 1 atom stereocenters. The molecule has 8 heteroatoms. The van der Waals surface area contributed by atoms with Gasteiger partial charge in [0, 0.05) is 33.0 Å². The number of aromatic amines is 1. The molecule has 0 aliphatic carbocycles. The topological polar surface area (TPSA) is 104 Å². The molecule has 31 heavy (non-hydrogen) atoms. The van der Waals surface area contributed by atoms with Crippen LogP contribution in [0.1, 0.15) is 24.0 Å². The van der Waals surface area contributed by atoms with E-state index in [0.717, 1.165) is 15.7 Å². The number of rotatable bonds is 5. The molecule has 1 aliphatic heterocycles. The predicted octanol–water partition coefficient (Wildman–Crippen LogP) is 1.17. The Balaban J connectivity index is 1.49. The zero-order valence-electron chi connectivity index (χ0n) is 17.3. The van der Waals surface area contributed by atoms with Crippen LogP contribution in [0.2, 0.25) is 0 Å². The van der Waals surface area contributed by atoms with Crippen molar-refractivity contribution in [1.29, 1.82) is 0 Å². The van der Waals surface area contributed by atoms with E-state index in [1.165, 1.54) is 0 Å². The van der Waals surface area contributed by atoms with E-state index >= 15 is 0 Å². The highest BCUT2D eigenvalue weighted by Crippen LogP contribution is 2.24. The first-order valence-electron chi connectivity index (χ1n) is 10.3. The molecule has 8 nitrogen and oxygen atoms in total. The van der Waals surface area contributed by atoms with Gasteiger partial charge in [-0.2, -0.15) is 0 Å². The lowest BCUT2D eigenvalue weighted by atomic mass is 9.93. The molecule has 2 N–H and O–H groups in total. The van der Waals surface area contributed by atoms with Crippen LogP contribution in [0.4, 0.5) is 0 Å². The van der Waals surface area contributed by atoms with E-state index in [9.17, 15) is 19.2 Å². The Morgan fingerprint density at radius 3 is 2.55 bits per heavy atom. The van der Waals surface area contributed by atoms with Gasteiger partial charge in [-0.25, -0.2) is 4.79 Å². The molecule has 160 valence electrons. The average Bonchev–Trinajstić information content (AvgIpc) is 2.79. The Morgan fingerprint density at radius 2 is 1.77 bits per heavy atom. The number of hydrogen-bond donors (Lipinski definition) is 2. The van der Waals surface area contributed by atoms with Crippen LogP contribution in [0.5, 0.6) is 0 Å². The lowest BCUT2D eigenvalue weighted by molar-refractivity contribution is -0.141. The fraction of sp³-hybridized carbons (Fsp3) is 0.304. The highest BCUT2D eigenvalue weighted by Gasteiger charge is 2.33. The molecule has 0 unspecified atom stereocenters. The van der Waals surface area contributed by atoms with Crippen LogP contribution in [0.15, 0.2) is 58.1 Å². The summed E-state index contributed by atoms with van der Waals surface area (Å²) >= 11 is 0. The Hall–Kier alpha value is -3.68. The summed E-state index contributed by atoms with van der Waals surface area (Å²) in [7, 11) is 1.56. The summed E-state index contributed by atoms with van der Waals surface area (Å²) in [5.41, 5.74) is 1.71. The number of benzene rings is 2. The van der Waals surface area contributed by atoms with Crippen LogP contribution in [0.3, 0.4) is 0 Å². The Bertz CT molecular complexity index is 1260. The fourth-order valence-electron chi connectivity index (χ4n) is 4.12. The second-order valence-electron chi connectivity index (χ2n) is 7.66. The zero-order chi connectivity index (χ0) is 22.0. The van der Waals surface area contributed by atoms with Crippen molar-refractivity contribution in [3.63, 3.8) is 0 Å². The lowest BCUT2D eigenvalue weighted by Crippen LogP contribution is -2.52. The lowest BCUT2D eigenvalue weighted by Gasteiger charge is -2.36. The van der Waals surface area contributed by atoms with Gasteiger partial charge >= 0.3 is 5.69 Å². The molecule has 3 aromatic rings. The number of amides is 2. The molecular formula is C23H24N4O4. The number of aromatic nitrogens is 2. The van der Waals surface area contributed by atoms with Gasteiger partial charge < -0.3 is 15.2 Å². The normalized spacial score (nSPS) is 15.5. The van der Waals surface area contributed by atoms with E-state index in [4.69, 9.17) is 0 Å². The van der Waals surface area contributed by atoms with Crippen LogP contribution in [0, 0.1) is 0 Å². The smallest absolute Gasteiger partial charge is 0.328 e. The van der Waals surface area contributed by atoms with E-state index in [1.807, 2.05) is 24.3 Å². The van der Waals surface area contributed by atoms with Crippen LogP contribution < -0.4 is 16.6 Å². The maximum atomic E-state index is 13.0. The minimum atomic E-state index is -0.570. The second-order valence-corrected chi connectivity index (χ2v) is 7.66. The molecular weight excluding hydrogens is 396 g/mol. The van der Waals surface area contributed by atoms with E-state index in [1.54, 1.807) is 36.2 Å². The van der Waals surface area contributed by atoms with Crippen LogP contribution in [-0.4, -0.2) is 39.4 Å². The summed E-state index contributed by atoms with van der Waals surface area (Å²) in [6.45, 7) is 0.489. The summed E-state index contributed by atoms with van der Waals surface area (Å²) in [4.78, 5) is 54.6. The molecule has 2 amide bonds. The van der Waals surface area contributed by atoms with Gasteiger partial charge in [-0.05, 0) is 29.7 Å². The predicted molar refractivity (Wildman–Crippen MR) is 117 cm³/mol. The van der Waals surface area contributed by atoms with Gasteiger partial charge in [0.25, 0.3) is 5.56 Å². The van der Waals surface area contributed by atoms with Gasteiger partial charge in [-0.3, -0.25) is 19.0 Å². The van der Waals surface area contributed by atoms with Crippen molar-refractivity contribution in [1.82, 2.24) is 19.8 Å². The average molecular weight is 420 g/mol. The van der Waals surface area contributed by atoms with Gasteiger partial charge in [0.2, 0.25) is 11.8 Å². The third kappa shape index (κ3) is 4.01. The number of likely N-dealkylation sites (N-methyl/N-ethyl adjacent to an activating group) is 1. The van der Waals surface area contributed by atoms with E-state index in [0.29, 0.717) is 30.3 Å². The third-order valence-corrected chi connectivity index (χ3v) is 5.78. The van der Waals surface area contributed by atoms with Crippen molar-refractivity contribution in [3.8, 4) is 0 Å². The van der Waals surface area contributed by atoms with E-state index in [-0.39, 0.29) is 30.3 Å². The molecule has 2 aromatic carbocycles. The molecule has 0 spiro atoms. The monoisotopic (exact) mass is 420 g/mol. The highest BCUT2D eigenvalue weighted by atomic mass is 16.2. The van der Waals surface area contributed by atoms with Crippen molar-refractivity contribution in [3.05, 3.63) is 80.5 Å². The summed E-state index contributed by atoms with van der Waals surface area (Å²) in [6, 6.07) is 14.0. The number of H-pyrrole nitrogens is 1. The highest BCUT2D eigenvalue weighted by molar-refractivity contribution is 5.88. The summed E-state index contributed by atoms with van der Waals surface area (Å²) in [6.07, 6.45) is 0.915. The first-order chi connectivity index (χ1) is 15.0. The molecule has 1 aliphatic rings. The standard InChI is InChI=1S/C23H24N4O4/c1-24-21(29)19-13-15-7-2-3-8-16(15)14-27(19)20(28)11-6-12-26-22(30)17-9-4-5-10-18(17)25-23(26)31/h2-5,7-10,19H,6,11-14H2,1H3,(H,24,29)(H,25,31)/t19-/m0/s1. The number of para-hydroxylation sites is 1. The molecule has 4 rings (SSSR count). The van der Waals surface area contributed by atoms with Gasteiger partial charge in [0.15, 0.2) is 0 Å². The van der Waals surface area contributed by atoms with E-state index < -0.39 is 11.7 Å². The third-order valence-electron chi connectivity index (χ3n) is 5.78. The molecule has 0 fully saturated rings. The SMILES string of the molecule is CNC(=O)[C@@H]1Cc2ccccc2CN1C(=O)CCCn1c(=O)[nH]c2ccccc2c1=O. The second kappa shape index (κ2) is 8.59. The molecule has 0 saturated carbocycles. The maximum absolute atomic E-state index is 13.0. The summed E-state index contributed by atoms with van der Waals surface area (Å²) in [5.74, 6) is -0.376. The number of fused-ring (bicyclic) bond motifs is 2. The Labute approximate surface area is 178 Å². The van der Waals surface area contributed by atoms with Crippen LogP contribution >= 0.6 is 0 Å². The van der Waals surface area contributed by atoms with Crippen LogP contribution in [0.25, 0.3) is 10.9 Å². The number of nitrogens with one attached hydrogen (secondary N) is 2. The van der Waals surface area contributed by atoms with Crippen LogP contribution in [-0.2, 0) is 29.1 Å². The van der Waals surface area contributed by atoms with E-state index in [2.05, 4.69) is 10.3 Å². The van der Waals surface area contributed by atoms with Gasteiger partial charge in [0.05, 0.1) is 10.9 Å². The minimum Gasteiger partial charge on any atom is -0.357 e. The number of carbonyl (C=O) groups excluding carboxylic acids is 2. The number of hydrogen-bond acceptors (Lipinski definition) is 4. The molecule has 2 heterocycles. The van der Waals surface area contributed by atoms with Gasteiger partial charge in [0.1, 0.15) is 6.04 Å². The van der Waals surface area contributed by atoms with Crippen molar-refractivity contribution in [2.75, 3.05) is 7.05 Å². The first kappa shape index (κ1) is 20.6. The molecule has 0 radical (unpaired) electrons. The molecule has 1 aromatic heterocycles. The zero-order valence-corrected chi connectivity index (χ0v) is 17.3. The van der Waals surface area contributed by atoms with Crippen molar-refractivity contribution < 1.29 is 9.59 Å². The van der Waals surface area contributed by atoms with Gasteiger partial charge in [-0.15, -0.1) is 0 Å². The Morgan fingerprint density at radius 1 is 1.06 bits per heavy atom. The first-order valence-corrected chi connectivity index (χ1v) is 10.3. The largest absolute Gasteiger partial charge is 0.357 e. The molecule has 0 saturated heterocycles. The fourth-order valence-corrected chi connectivity index (χ4v) is 4.12. The van der Waals surface area contributed by atoms with Gasteiger partial charge in [-0.1, -0.05) is 36.4 Å². The van der Waals surface area contributed by atoms with Crippen molar-refractivity contribution in [2.45, 2.75) is 38.4 Å². The maximum Gasteiger partial charge on any atom is 0.328 e. The number of nitrogens with zero attached hydrogens (tertiary/aromatic N) is 2. The molecule has 0 bridgehead atoms. The van der Waals surface area contributed by atoms with Crippen molar-refractivity contribution in [2.24, 2.45) is 0 Å². The number of carbonyl (C=O) groups is 2. The summed E-state index contributed by atoms with van der Waals surface area (Å²) < 4.78 is 1.12.